The summed E-state index contributed by atoms with van der Waals surface area (Å²) in [6.07, 6.45) is 3.20. The molecule has 1 aromatic rings. The zero-order valence-corrected chi connectivity index (χ0v) is 12.7. The topological polar surface area (TPSA) is 89.9 Å². The number of piperidine rings is 1. The number of phenols is 1. The molecule has 0 aliphatic carbocycles. The Balaban J connectivity index is 2.06. The Bertz CT molecular complexity index is 557. The van der Waals surface area contributed by atoms with Gasteiger partial charge in [0, 0.05) is 24.9 Å². The summed E-state index contributed by atoms with van der Waals surface area (Å²) in [7, 11) is 0. The summed E-state index contributed by atoms with van der Waals surface area (Å²) in [5.41, 5.74) is 1.19. The van der Waals surface area contributed by atoms with Gasteiger partial charge in [0.05, 0.1) is 0 Å². The second kappa shape index (κ2) is 7.26. The van der Waals surface area contributed by atoms with Crippen molar-refractivity contribution < 1.29 is 19.8 Å². The van der Waals surface area contributed by atoms with E-state index in [0.29, 0.717) is 24.2 Å². The largest absolute Gasteiger partial charge is 0.508 e. The zero-order chi connectivity index (χ0) is 16.1. The number of aryl methyl sites for hydroxylation is 1. The quantitative estimate of drug-likeness (QED) is 0.581. The Labute approximate surface area is 129 Å². The normalized spacial score (nSPS) is 18.1. The van der Waals surface area contributed by atoms with Gasteiger partial charge >= 0.3 is 11.8 Å². The summed E-state index contributed by atoms with van der Waals surface area (Å²) in [5, 5.41) is 21.1. The van der Waals surface area contributed by atoms with Crippen LogP contribution in [0.3, 0.4) is 0 Å². The van der Waals surface area contributed by atoms with E-state index < -0.39 is 11.8 Å². The number of hydrogen-bond donors (Lipinski definition) is 3. The van der Waals surface area contributed by atoms with Crippen LogP contribution in [0.15, 0.2) is 18.2 Å². The molecule has 1 unspecified atom stereocenters. The van der Waals surface area contributed by atoms with Gasteiger partial charge in [-0.2, -0.15) is 0 Å². The van der Waals surface area contributed by atoms with Crippen molar-refractivity contribution in [2.75, 3.05) is 18.5 Å². The number of anilines is 1. The highest BCUT2D eigenvalue weighted by Gasteiger charge is 2.30. The number of carbonyl (C=O) groups is 2. The van der Waals surface area contributed by atoms with Crippen molar-refractivity contribution in [2.24, 2.45) is 0 Å². The number of nitrogens with zero attached hydrogens (tertiary/aromatic N) is 1. The van der Waals surface area contributed by atoms with E-state index in [1.54, 1.807) is 17.9 Å². The molecule has 1 aliphatic heterocycles. The molecule has 6 nitrogen and oxygen atoms in total. The Hall–Kier alpha value is -2.08. The first-order valence-electron chi connectivity index (χ1n) is 7.55. The van der Waals surface area contributed by atoms with Crippen LogP contribution in [0.1, 0.15) is 31.2 Å². The van der Waals surface area contributed by atoms with Gasteiger partial charge in [-0.3, -0.25) is 9.59 Å². The lowest BCUT2D eigenvalue weighted by atomic mass is 9.99. The highest BCUT2D eigenvalue weighted by Crippen LogP contribution is 2.22. The third-order valence-corrected chi connectivity index (χ3v) is 4.00. The number of hydrogen-bond acceptors (Lipinski definition) is 4. The Morgan fingerprint density at radius 1 is 1.36 bits per heavy atom. The third-order valence-electron chi connectivity index (χ3n) is 4.00. The SMILES string of the molecule is Cc1cc(O)ccc1NC(=O)C(=O)N1CCCCC1CCO. The van der Waals surface area contributed by atoms with Gasteiger partial charge in [-0.05, 0) is 56.4 Å². The predicted molar refractivity (Wildman–Crippen MR) is 82.5 cm³/mol. The van der Waals surface area contributed by atoms with Crippen molar-refractivity contribution in [1.29, 1.82) is 0 Å². The molecule has 0 saturated carbocycles. The van der Waals surface area contributed by atoms with Crippen LogP contribution < -0.4 is 5.32 Å². The summed E-state index contributed by atoms with van der Waals surface area (Å²) in [5.74, 6) is -1.13. The van der Waals surface area contributed by atoms with E-state index in [1.165, 1.54) is 12.1 Å². The number of phenolic OH excluding ortho intramolecular Hbond substituents is 1. The van der Waals surface area contributed by atoms with Crippen LogP contribution in [-0.4, -0.2) is 46.1 Å². The van der Waals surface area contributed by atoms with E-state index in [2.05, 4.69) is 5.32 Å². The van der Waals surface area contributed by atoms with Crippen molar-refractivity contribution in [3.8, 4) is 5.75 Å². The minimum atomic E-state index is -0.682. The third kappa shape index (κ3) is 3.76. The lowest BCUT2D eigenvalue weighted by molar-refractivity contribution is -0.146. The molecule has 3 N–H and O–H groups in total. The van der Waals surface area contributed by atoms with Gasteiger partial charge < -0.3 is 20.4 Å². The van der Waals surface area contributed by atoms with Gasteiger partial charge in [0.15, 0.2) is 0 Å². The Kier molecular flexibility index (Phi) is 5.38. The van der Waals surface area contributed by atoms with Crippen molar-refractivity contribution >= 4 is 17.5 Å². The molecule has 0 radical (unpaired) electrons. The lowest BCUT2D eigenvalue weighted by Gasteiger charge is -2.35. The van der Waals surface area contributed by atoms with Crippen LogP contribution in [-0.2, 0) is 9.59 Å². The number of rotatable bonds is 3. The fraction of sp³-hybridized carbons (Fsp3) is 0.500. The van der Waals surface area contributed by atoms with E-state index in [9.17, 15) is 14.7 Å². The fourth-order valence-corrected chi connectivity index (χ4v) is 2.81. The van der Waals surface area contributed by atoms with Crippen molar-refractivity contribution in [1.82, 2.24) is 4.90 Å². The van der Waals surface area contributed by atoms with E-state index in [-0.39, 0.29) is 18.4 Å². The highest BCUT2D eigenvalue weighted by molar-refractivity contribution is 6.39. The van der Waals surface area contributed by atoms with Crippen molar-refractivity contribution in [3.05, 3.63) is 23.8 Å². The maximum atomic E-state index is 12.3. The van der Waals surface area contributed by atoms with Gasteiger partial charge in [-0.25, -0.2) is 0 Å². The molecule has 1 aliphatic rings. The molecular formula is C16H22N2O4. The van der Waals surface area contributed by atoms with Gasteiger partial charge in [0.2, 0.25) is 0 Å². The van der Waals surface area contributed by atoms with Gasteiger partial charge in [0.1, 0.15) is 5.75 Å². The van der Waals surface area contributed by atoms with E-state index in [1.807, 2.05) is 0 Å². The van der Waals surface area contributed by atoms with Crippen LogP contribution in [0.25, 0.3) is 0 Å². The first kappa shape index (κ1) is 16.3. The molecule has 0 aromatic heterocycles. The average molecular weight is 306 g/mol. The molecular weight excluding hydrogens is 284 g/mol. The molecule has 1 saturated heterocycles. The number of benzene rings is 1. The number of amides is 2. The molecule has 1 fully saturated rings. The fourth-order valence-electron chi connectivity index (χ4n) is 2.81. The monoisotopic (exact) mass is 306 g/mol. The molecule has 0 spiro atoms. The molecule has 6 heteroatoms. The minimum absolute atomic E-state index is 0.00708. The van der Waals surface area contributed by atoms with Crippen LogP contribution in [0.2, 0.25) is 0 Å². The first-order chi connectivity index (χ1) is 10.5. The summed E-state index contributed by atoms with van der Waals surface area (Å²) in [6.45, 7) is 2.30. The number of carbonyl (C=O) groups excluding carboxylic acids is 2. The smallest absolute Gasteiger partial charge is 0.313 e. The van der Waals surface area contributed by atoms with Crippen LogP contribution in [0.4, 0.5) is 5.69 Å². The number of nitrogens with one attached hydrogen (secondary N) is 1. The molecule has 22 heavy (non-hydrogen) atoms. The number of likely N-dealkylation sites (tertiary alicyclic amines) is 1. The summed E-state index contributed by atoms with van der Waals surface area (Å²) in [4.78, 5) is 26.1. The first-order valence-corrected chi connectivity index (χ1v) is 7.55. The molecule has 0 bridgehead atoms. The Morgan fingerprint density at radius 3 is 2.82 bits per heavy atom. The van der Waals surface area contributed by atoms with E-state index in [4.69, 9.17) is 5.11 Å². The van der Waals surface area contributed by atoms with E-state index in [0.717, 1.165) is 19.3 Å². The van der Waals surface area contributed by atoms with Gasteiger partial charge in [-0.1, -0.05) is 0 Å². The van der Waals surface area contributed by atoms with Gasteiger partial charge in [-0.15, -0.1) is 0 Å². The summed E-state index contributed by atoms with van der Waals surface area (Å²) in [6, 6.07) is 4.48. The van der Waals surface area contributed by atoms with Gasteiger partial charge in [0.25, 0.3) is 0 Å². The van der Waals surface area contributed by atoms with E-state index >= 15 is 0 Å². The Morgan fingerprint density at radius 2 is 2.14 bits per heavy atom. The molecule has 1 aromatic carbocycles. The summed E-state index contributed by atoms with van der Waals surface area (Å²) < 4.78 is 0. The molecule has 1 heterocycles. The lowest BCUT2D eigenvalue weighted by Crippen LogP contribution is -2.48. The second-order valence-electron chi connectivity index (χ2n) is 5.61. The van der Waals surface area contributed by atoms with Crippen LogP contribution >= 0.6 is 0 Å². The summed E-state index contributed by atoms with van der Waals surface area (Å²) >= 11 is 0. The predicted octanol–water partition coefficient (Wildman–Crippen LogP) is 1.40. The van der Waals surface area contributed by atoms with Crippen molar-refractivity contribution in [2.45, 2.75) is 38.6 Å². The molecule has 1 atom stereocenters. The van der Waals surface area contributed by atoms with Crippen LogP contribution in [0, 0.1) is 6.92 Å². The standard InChI is InChI=1S/C16H22N2O4/c1-11-10-13(20)5-6-14(11)17-15(21)16(22)18-8-3-2-4-12(18)7-9-19/h5-6,10,12,19-20H,2-4,7-9H2,1H3,(H,17,21). The second-order valence-corrected chi connectivity index (χ2v) is 5.61. The number of aliphatic hydroxyl groups excluding tert-OH is 1. The molecule has 2 rings (SSSR count). The number of aromatic hydroxyl groups is 1. The molecule has 120 valence electrons. The average Bonchev–Trinajstić information content (AvgIpc) is 2.50. The maximum absolute atomic E-state index is 12.3. The molecule has 2 amide bonds. The maximum Gasteiger partial charge on any atom is 0.313 e. The number of aliphatic hydroxyl groups is 1. The highest BCUT2D eigenvalue weighted by atomic mass is 16.3. The van der Waals surface area contributed by atoms with Crippen molar-refractivity contribution in [3.63, 3.8) is 0 Å². The van der Waals surface area contributed by atoms with Crippen LogP contribution in [0.5, 0.6) is 5.75 Å². The minimum Gasteiger partial charge on any atom is -0.508 e. The zero-order valence-electron chi connectivity index (χ0n) is 12.7.